The summed E-state index contributed by atoms with van der Waals surface area (Å²) in [7, 11) is 0. The first-order valence-electron chi connectivity index (χ1n) is 11.1. The number of thiophene rings is 1. The average Bonchev–Trinajstić information content (AvgIpc) is 3.33. The summed E-state index contributed by atoms with van der Waals surface area (Å²) in [4.78, 5) is 16.6. The van der Waals surface area contributed by atoms with Crippen LogP contribution in [0.5, 0.6) is 0 Å². The van der Waals surface area contributed by atoms with Gasteiger partial charge in [-0.25, -0.2) is 0 Å². The molecule has 3 heterocycles. The molecule has 1 amide bonds. The molecule has 4 aromatic rings. The van der Waals surface area contributed by atoms with Crippen molar-refractivity contribution in [1.29, 1.82) is 0 Å². The van der Waals surface area contributed by atoms with Crippen LogP contribution in [0.25, 0.3) is 10.1 Å². The number of aryl methyl sites for hydroxylation is 1. The SMILES string of the molecule is Cc1ccccc1C(=O)NC(C)c1nnc2n1CCN(Cc1cc3ccccc3s1)CC2. The van der Waals surface area contributed by atoms with Crippen molar-refractivity contribution in [3.05, 3.63) is 82.3 Å². The number of fused-ring (bicyclic) bond motifs is 2. The summed E-state index contributed by atoms with van der Waals surface area (Å²) in [5.74, 6) is 1.74. The van der Waals surface area contributed by atoms with E-state index >= 15 is 0 Å². The summed E-state index contributed by atoms with van der Waals surface area (Å²) in [6.45, 7) is 7.60. The second-order valence-corrected chi connectivity index (χ2v) is 9.58. The fourth-order valence-corrected chi connectivity index (χ4v) is 5.48. The van der Waals surface area contributed by atoms with Crippen LogP contribution in [0.3, 0.4) is 0 Å². The molecule has 5 rings (SSSR count). The lowest BCUT2D eigenvalue weighted by atomic mass is 10.1. The van der Waals surface area contributed by atoms with E-state index in [-0.39, 0.29) is 11.9 Å². The minimum Gasteiger partial charge on any atom is -0.342 e. The van der Waals surface area contributed by atoms with Crippen LogP contribution in [0.4, 0.5) is 0 Å². The van der Waals surface area contributed by atoms with Crippen LogP contribution in [-0.2, 0) is 19.5 Å². The lowest BCUT2D eigenvalue weighted by Crippen LogP contribution is -2.30. The molecule has 0 saturated carbocycles. The lowest BCUT2D eigenvalue weighted by Gasteiger charge is -2.19. The van der Waals surface area contributed by atoms with E-state index in [1.807, 2.05) is 49.4 Å². The molecule has 1 aliphatic heterocycles. The molecular weight excluding hydrogens is 418 g/mol. The van der Waals surface area contributed by atoms with Gasteiger partial charge in [0.15, 0.2) is 5.82 Å². The summed E-state index contributed by atoms with van der Waals surface area (Å²) >= 11 is 1.87. The largest absolute Gasteiger partial charge is 0.342 e. The Kier molecular flexibility index (Phi) is 5.76. The van der Waals surface area contributed by atoms with Gasteiger partial charge in [0, 0.05) is 47.7 Å². The normalized spacial score (nSPS) is 15.3. The molecule has 164 valence electrons. The van der Waals surface area contributed by atoms with E-state index in [0.717, 1.165) is 49.8 Å². The Labute approximate surface area is 191 Å². The maximum atomic E-state index is 12.8. The summed E-state index contributed by atoms with van der Waals surface area (Å²) in [6.07, 6.45) is 0.857. The first-order chi connectivity index (χ1) is 15.6. The van der Waals surface area contributed by atoms with Crippen LogP contribution in [-0.4, -0.2) is 38.7 Å². The molecule has 0 saturated heterocycles. The zero-order valence-electron chi connectivity index (χ0n) is 18.4. The molecule has 0 aliphatic carbocycles. The van der Waals surface area contributed by atoms with Crippen LogP contribution in [0, 0.1) is 6.92 Å². The highest BCUT2D eigenvalue weighted by Gasteiger charge is 2.23. The van der Waals surface area contributed by atoms with Crippen molar-refractivity contribution in [3.63, 3.8) is 0 Å². The topological polar surface area (TPSA) is 63.1 Å². The molecule has 6 nitrogen and oxygen atoms in total. The van der Waals surface area contributed by atoms with Crippen molar-refractivity contribution in [2.45, 2.75) is 39.4 Å². The van der Waals surface area contributed by atoms with Gasteiger partial charge in [-0.1, -0.05) is 36.4 Å². The van der Waals surface area contributed by atoms with Gasteiger partial charge in [-0.15, -0.1) is 21.5 Å². The molecule has 1 atom stereocenters. The number of hydrogen-bond donors (Lipinski definition) is 1. The highest BCUT2D eigenvalue weighted by atomic mass is 32.1. The molecule has 1 aliphatic rings. The van der Waals surface area contributed by atoms with Gasteiger partial charge in [-0.3, -0.25) is 9.69 Å². The maximum Gasteiger partial charge on any atom is 0.252 e. The van der Waals surface area contributed by atoms with E-state index in [9.17, 15) is 4.79 Å². The molecule has 2 aromatic carbocycles. The van der Waals surface area contributed by atoms with Crippen LogP contribution in [0.15, 0.2) is 54.6 Å². The number of carbonyl (C=O) groups excluding carboxylic acids is 1. The van der Waals surface area contributed by atoms with Gasteiger partial charge in [0.1, 0.15) is 5.82 Å². The Balaban J connectivity index is 1.26. The summed E-state index contributed by atoms with van der Waals surface area (Å²) in [5.41, 5.74) is 1.67. The monoisotopic (exact) mass is 445 g/mol. The van der Waals surface area contributed by atoms with Crippen molar-refractivity contribution >= 4 is 27.3 Å². The third-order valence-electron chi connectivity index (χ3n) is 6.13. The van der Waals surface area contributed by atoms with Crippen molar-refractivity contribution in [1.82, 2.24) is 25.0 Å². The zero-order chi connectivity index (χ0) is 22.1. The van der Waals surface area contributed by atoms with Crippen molar-refractivity contribution in [2.24, 2.45) is 0 Å². The fourth-order valence-electron chi connectivity index (χ4n) is 4.37. The van der Waals surface area contributed by atoms with E-state index in [0.29, 0.717) is 5.56 Å². The molecule has 1 unspecified atom stereocenters. The van der Waals surface area contributed by atoms with Crippen molar-refractivity contribution < 1.29 is 4.79 Å². The van der Waals surface area contributed by atoms with E-state index in [1.165, 1.54) is 15.0 Å². The Morgan fingerprint density at radius 2 is 1.91 bits per heavy atom. The van der Waals surface area contributed by atoms with Gasteiger partial charge < -0.3 is 9.88 Å². The summed E-state index contributed by atoms with van der Waals surface area (Å²) in [5, 5.41) is 13.3. The zero-order valence-corrected chi connectivity index (χ0v) is 19.2. The van der Waals surface area contributed by atoms with Gasteiger partial charge in [-0.2, -0.15) is 0 Å². The van der Waals surface area contributed by atoms with Gasteiger partial charge in [-0.05, 0) is 43.0 Å². The number of amides is 1. The van der Waals surface area contributed by atoms with E-state index < -0.39 is 0 Å². The lowest BCUT2D eigenvalue weighted by molar-refractivity contribution is 0.0937. The summed E-state index contributed by atoms with van der Waals surface area (Å²) < 4.78 is 3.53. The average molecular weight is 446 g/mol. The molecular formula is C25H27N5OS. The predicted molar refractivity (Wildman–Crippen MR) is 128 cm³/mol. The predicted octanol–water partition coefficient (Wildman–Crippen LogP) is 4.35. The third-order valence-corrected chi connectivity index (χ3v) is 7.23. The van der Waals surface area contributed by atoms with Crippen molar-refractivity contribution in [2.75, 3.05) is 13.1 Å². The number of aromatic nitrogens is 3. The Morgan fingerprint density at radius 3 is 2.75 bits per heavy atom. The third kappa shape index (κ3) is 4.18. The van der Waals surface area contributed by atoms with Gasteiger partial charge in [0.2, 0.25) is 0 Å². The molecule has 7 heteroatoms. The highest BCUT2D eigenvalue weighted by Crippen LogP contribution is 2.27. The molecule has 1 N–H and O–H groups in total. The number of nitrogens with zero attached hydrogens (tertiary/aromatic N) is 4. The molecule has 0 fully saturated rings. The van der Waals surface area contributed by atoms with Gasteiger partial charge in [0.05, 0.1) is 6.04 Å². The Hall–Kier alpha value is -3.03. The highest BCUT2D eigenvalue weighted by molar-refractivity contribution is 7.19. The molecule has 32 heavy (non-hydrogen) atoms. The number of nitrogens with one attached hydrogen (secondary N) is 1. The molecule has 0 radical (unpaired) electrons. The summed E-state index contributed by atoms with van der Waals surface area (Å²) in [6, 6.07) is 18.3. The van der Waals surface area contributed by atoms with Gasteiger partial charge in [0.25, 0.3) is 5.91 Å². The molecule has 0 bridgehead atoms. The van der Waals surface area contributed by atoms with Gasteiger partial charge >= 0.3 is 0 Å². The number of hydrogen-bond acceptors (Lipinski definition) is 5. The molecule has 2 aromatic heterocycles. The van der Waals surface area contributed by atoms with Crippen LogP contribution in [0.1, 0.15) is 45.4 Å². The molecule has 0 spiro atoms. The second-order valence-electron chi connectivity index (χ2n) is 8.41. The minimum absolute atomic E-state index is 0.0760. The number of benzene rings is 2. The van der Waals surface area contributed by atoms with E-state index in [1.54, 1.807) is 0 Å². The second kappa shape index (κ2) is 8.84. The van der Waals surface area contributed by atoms with E-state index in [4.69, 9.17) is 0 Å². The number of rotatable bonds is 5. The van der Waals surface area contributed by atoms with Crippen molar-refractivity contribution in [3.8, 4) is 0 Å². The smallest absolute Gasteiger partial charge is 0.252 e. The Bertz CT molecular complexity index is 1230. The quantitative estimate of drug-likeness (QED) is 0.496. The first kappa shape index (κ1) is 20.8. The first-order valence-corrected chi connectivity index (χ1v) is 11.9. The Morgan fingerprint density at radius 1 is 1.09 bits per heavy atom. The van der Waals surface area contributed by atoms with Crippen LogP contribution >= 0.6 is 11.3 Å². The van der Waals surface area contributed by atoms with Crippen LogP contribution in [0.2, 0.25) is 0 Å². The fraction of sp³-hybridized carbons (Fsp3) is 0.320. The minimum atomic E-state index is -0.211. The van der Waals surface area contributed by atoms with E-state index in [2.05, 4.69) is 55.3 Å². The van der Waals surface area contributed by atoms with Crippen LogP contribution < -0.4 is 5.32 Å². The maximum absolute atomic E-state index is 12.8. The standard InChI is InChI=1S/C25H27N5OS/c1-17-7-3-5-9-21(17)25(31)26-18(2)24-28-27-23-11-12-29(13-14-30(23)24)16-20-15-19-8-4-6-10-22(19)32-20/h3-10,15,18H,11-14,16H2,1-2H3,(H,26,31). The number of carbonyl (C=O) groups is 1.